The lowest BCUT2D eigenvalue weighted by Crippen LogP contribution is -2.56. The van der Waals surface area contributed by atoms with Crippen molar-refractivity contribution < 1.29 is 0 Å². The van der Waals surface area contributed by atoms with Crippen LogP contribution in [0.4, 0.5) is 0 Å². The van der Waals surface area contributed by atoms with Gasteiger partial charge in [-0.05, 0) is 26.2 Å². The van der Waals surface area contributed by atoms with Gasteiger partial charge in [-0.2, -0.15) is 0 Å². The zero-order valence-corrected chi connectivity index (χ0v) is 13.0. The summed E-state index contributed by atoms with van der Waals surface area (Å²) < 4.78 is 0. The van der Waals surface area contributed by atoms with Crippen molar-refractivity contribution >= 4 is 8.80 Å². The molecule has 16 heavy (non-hydrogen) atoms. The van der Waals surface area contributed by atoms with Crippen molar-refractivity contribution in [1.29, 1.82) is 0 Å². The van der Waals surface area contributed by atoms with Gasteiger partial charge in [0, 0.05) is 0 Å². The second-order valence-corrected chi connectivity index (χ2v) is 7.38. The summed E-state index contributed by atoms with van der Waals surface area (Å²) in [5.41, 5.74) is 2.27. The van der Waals surface area contributed by atoms with Crippen LogP contribution in [0.15, 0.2) is 12.3 Å². The third-order valence-electron chi connectivity index (χ3n) is 3.53. The zero-order valence-electron chi connectivity index (χ0n) is 11.9. The lowest BCUT2D eigenvalue weighted by atomic mass is 10.5. The molecule has 3 heteroatoms. The van der Waals surface area contributed by atoms with E-state index in [0.29, 0.717) is 5.79 Å². The molecule has 96 valence electrons. The quantitative estimate of drug-likeness (QED) is 0.453. The fraction of sp³-hybridized carbons (Fsp3) is 0.846. The lowest BCUT2D eigenvalue weighted by Gasteiger charge is -2.41. The topological polar surface area (TPSA) is 6.48 Å². The Hall–Kier alpha value is -0.123. The first-order chi connectivity index (χ1) is 7.69. The highest BCUT2D eigenvalue weighted by molar-refractivity contribution is 6.65. The summed E-state index contributed by atoms with van der Waals surface area (Å²) in [7, 11) is -0.878. The van der Waals surface area contributed by atoms with Gasteiger partial charge in [0.2, 0.25) is 0 Å². The molecule has 0 fully saturated rings. The first kappa shape index (κ1) is 15.9. The summed E-state index contributed by atoms with van der Waals surface area (Å²) in [6.45, 7) is 20.0. The van der Waals surface area contributed by atoms with Crippen LogP contribution in [0, 0.1) is 0 Å². The largest absolute Gasteiger partial charge is 0.291 e. The minimum Gasteiger partial charge on any atom is -0.291 e. The van der Waals surface area contributed by atoms with Gasteiger partial charge in [-0.3, -0.25) is 9.80 Å². The molecule has 2 nitrogen and oxygen atoms in total. The molecule has 0 N–H and O–H groups in total. The van der Waals surface area contributed by atoms with E-state index in [4.69, 9.17) is 0 Å². The van der Waals surface area contributed by atoms with Crippen molar-refractivity contribution in [2.75, 3.05) is 26.2 Å². The molecule has 0 rings (SSSR count). The van der Waals surface area contributed by atoms with E-state index in [9.17, 15) is 0 Å². The van der Waals surface area contributed by atoms with Gasteiger partial charge in [0.25, 0.3) is 0 Å². The molecule has 0 aromatic rings. The summed E-state index contributed by atoms with van der Waals surface area (Å²) in [6, 6.07) is 1.31. The average molecular weight is 242 g/mol. The van der Waals surface area contributed by atoms with E-state index < -0.39 is 8.80 Å². The standard InChI is InChI=1S/C13H30N2Si/c1-7-14(8-2)13(15(9-3)10-4)16(11-5)12-6/h11,13,16H,5,7-10,12H2,1-4,6H3. The Balaban J connectivity index is 4.91. The van der Waals surface area contributed by atoms with Crippen LogP contribution in [0.5, 0.6) is 0 Å². The fourth-order valence-electron chi connectivity index (χ4n) is 2.47. The molecule has 0 radical (unpaired) electrons. The molecule has 0 aliphatic heterocycles. The van der Waals surface area contributed by atoms with Crippen LogP contribution in [0.1, 0.15) is 34.6 Å². The monoisotopic (exact) mass is 242 g/mol. The normalized spacial score (nSPS) is 13.8. The Morgan fingerprint density at radius 1 is 0.938 bits per heavy atom. The van der Waals surface area contributed by atoms with E-state index in [1.165, 1.54) is 6.04 Å². The van der Waals surface area contributed by atoms with E-state index in [1.807, 2.05) is 0 Å². The number of hydrogen-bond acceptors (Lipinski definition) is 2. The maximum absolute atomic E-state index is 4.06. The highest BCUT2D eigenvalue weighted by Crippen LogP contribution is 2.13. The molecule has 0 aliphatic carbocycles. The van der Waals surface area contributed by atoms with Crippen LogP contribution in [0.3, 0.4) is 0 Å². The maximum atomic E-state index is 4.06. The van der Waals surface area contributed by atoms with Crippen LogP contribution in [0.25, 0.3) is 0 Å². The minimum absolute atomic E-state index is 0.660. The molecule has 0 amide bonds. The molecule has 0 aliphatic rings. The maximum Gasteiger partial charge on any atom is 0.0976 e. The van der Waals surface area contributed by atoms with Gasteiger partial charge in [-0.25, -0.2) is 0 Å². The highest BCUT2D eigenvalue weighted by Gasteiger charge is 2.27. The number of nitrogens with zero attached hydrogens (tertiary/aromatic N) is 2. The molecule has 0 saturated heterocycles. The van der Waals surface area contributed by atoms with Gasteiger partial charge in [-0.1, -0.05) is 40.7 Å². The molecule has 1 unspecified atom stereocenters. The smallest absolute Gasteiger partial charge is 0.0976 e. The van der Waals surface area contributed by atoms with Gasteiger partial charge < -0.3 is 0 Å². The van der Waals surface area contributed by atoms with E-state index in [1.54, 1.807) is 0 Å². The summed E-state index contributed by atoms with van der Waals surface area (Å²) in [4.78, 5) is 5.21. The van der Waals surface area contributed by atoms with Crippen molar-refractivity contribution in [3.05, 3.63) is 12.3 Å². The summed E-state index contributed by atoms with van der Waals surface area (Å²) in [5.74, 6) is 0.660. The van der Waals surface area contributed by atoms with Gasteiger partial charge in [0.1, 0.15) is 0 Å². The Labute approximate surface area is 104 Å². The van der Waals surface area contributed by atoms with Crippen molar-refractivity contribution in [3.63, 3.8) is 0 Å². The molecule has 0 bridgehead atoms. The van der Waals surface area contributed by atoms with Crippen molar-refractivity contribution in [2.45, 2.75) is 46.5 Å². The predicted octanol–water partition coefficient (Wildman–Crippen LogP) is 2.51. The second-order valence-electron chi connectivity index (χ2n) is 4.16. The molecule has 0 aromatic heterocycles. The Morgan fingerprint density at radius 3 is 1.50 bits per heavy atom. The van der Waals surface area contributed by atoms with Crippen LogP contribution in [-0.4, -0.2) is 50.6 Å². The highest BCUT2D eigenvalue weighted by atomic mass is 28.3. The molecule has 0 spiro atoms. The second kappa shape index (κ2) is 8.96. The van der Waals surface area contributed by atoms with Crippen LogP contribution < -0.4 is 0 Å². The third kappa shape index (κ3) is 4.04. The Morgan fingerprint density at radius 2 is 1.31 bits per heavy atom. The summed E-state index contributed by atoms with van der Waals surface area (Å²) in [6.07, 6.45) is 0. The molecule has 1 atom stereocenters. The van der Waals surface area contributed by atoms with Crippen molar-refractivity contribution in [1.82, 2.24) is 9.80 Å². The fourth-order valence-corrected chi connectivity index (χ4v) is 5.39. The van der Waals surface area contributed by atoms with Crippen LogP contribution in [0.2, 0.25) is 6.04 Å². The van der Waals surface area contributed by atoms with Crippen molar-refractivity contribution in [2.24, 2.45) is 0 Å². The van der Waals surface area contributed by atoms with E-state index in [-0.39, 0.29) is 0 Å². The van der Waals surface area contributed by atoms with E-state index in [0.717, 1.165) is 26.2 Å². The van der Waals surface area contributed by atoms with Gasteiger partial charge in [0.15, 0.2) is 0 Å². The number of hydrogen-bond donors (Lipinski definition) is 0. The average Bonchev–Trinajstić information content (AvgIpc) is 2.33. The van der Waals surface area contributed by atoms with Gasteiger partial charge >= 0.3 is 0 Å². The minimum atomic E-state index is -0.878. The van der Waals surface area contributed by atoms with Gasteiger partial charge in [0.05, 0.1) is 14.6 Å². The lowest BCUT2D eigenvalue weighted by molar-refractivity contribution is 0.112. The van der Waals surface area contributed by atoms with Gasteiger partial charge in [-0.15, -0.1) is 12.3 Å². The molecule has 0 aromatic carbocycles. The third-order valence-corrected chi connectivity index (χ3v) is 6.69. The van der Waals surface area contributed by atoms with E-state index in [2.05, 4.69) is 56.7 Å². The SMILES string of the molecule is C=C[SiH](CC)C(N(CC)CC)N(CC)CC. The molecular weight excluding hydrogens is 212 g/mol. The summed E-state index contributed by atoms with van der Waals surface area (Å²) >= 11 is 0. The van der Waals surface area contributed by atoms with Crippen LogP contribution >= 0.6 is 0 Å². The van der Waals surface area contributed by atoms with Crippen molar-refractivity contribution in [3.8, 4) is 0 Å². The first-order valence-electron chi connectivity index (χ1n) is 6.80. The zero-order chi connectivity index (χ0) is 12.6. The van der Waals surface area contributed by atoms with E-state index >= 15 is 0 Å². The predicted molar refractivity (Wildman–Crippen MR) is 77.5 cm³/mol. The first-order valence-corrected chi connectivity index (χ1v) is 8.95. The Bertz CT molecular complexity index is 165. The molecule has 0 heterocycles. The molecular formula is C13H30N2Si. The number of rotatable bonds is 9. The van der Waals surface area contributed by atoms with Crippen LogP contribution in [-0.2, 0) is 0 Å². The Kier molecular flexibility index (Phi) is 8.90. The summed E-state index contributed by atoms with van der Waals surface area (Å²) in [5, 5.41) is 0. The molecule has 0 saturated carbocycles.